The van der Waals surface area contributed by atoms with Crippen LogP contribution in [0.4, 0.5) is 21.2 Å². The van der Waals surface area contributed by atoms with Gasteiger partial charge < -0.3 is 24.8 Å². The zero-order valence-corrected chi connectivity index (χ0v) is 29.8. The predicted molar refractivity (Wildman–Crippen MR) is 190 cm³/mol. The van der Waals surface area contributed by atoms with Crippen molar-refractivity contribution in [2.45, 2.75) is 91.6 Å². The van der Waals surface area contributed by atoms with E-state index in [-0.39, 0.29) is 24.9 Å². The zero-order valence-electron chi connectivity index (χ0n) is 29.8. The Balaban J connectivity index is 1.43. The third kappa shape index (κ3) is 9.05. The Morgan fingerprint density at radius 2 is 1.65 bits per heavy atom. The van der Waals surface area contributed by atoms with E-state index in [1.807, 2.05) is 77.9 Å². The summed E-state index contributed by atoms with van der Waals surface area (Å²) in [5, 5.41) is 19.1. The standard InChI is InChI=1S/C37H49N7O5/c1-24(2)29-21-40-44-32(19-31(41-33(29)44)39-20-28-15-18-42(23-30(28)45)34(46)48-36(3,4)5)43(35(47)49-37(6,7)8)22-25-9-11-26(12-10-25)27-13-16-38-17-14-27/h9-14,16-17,19,21,24,28,30,45H,15,18,20,22-23H2,1-8H3,(H,39,41)/t28-,30+/m1/s1. The molecule has 0 saturated carbocycles. The summed E-state index contributed by atoms with van der Waals surface area (Å²) in [5.74, 6) is 1.03. The summed E-state index contributed by atoms with van der Waals surface area (Å²) in [6.45, 7) is 16.4. The van der Waals surface area contributed by atoms with Crippen LogP contribution < -0.4 is 10.2 Å². The van der Waals surface area contributed by atoms with Crippen LogP contribution in [0.1, 0.15) is 78.9 Å². The number of benzene rings is 1. The minimum absolute atomic E-state index is 0.128. The maximum atomic E-state index is 13.9. The molecular formula is C37H49N7O5. The van der Waals surface area contributed by atoms with Crippen molar-refractivity contribution in [3.05, 3.63) is 72.2 Å². The van der Waals surface area contributed by atoms with E-state index in [2.05, 4.69) is 29.2 Å². The minimum atomic E-state index is -0.744. The fraction of sp³-hybridized carbons (Fsp3) is 0.486. The summed E-state index contributed by atoms with van der Waals surface area (Å²) in [4.78, 5) is 38.7. The molecule has 2 amide bonds. The number of fused-ring (bicyclic) bond motifs is 1. The molecule has 0 aliphatic carbocycles. The van der Waals surface area contributed by atoms with Gasteiger partial charge in [0, 0.05) is 43.0 Å². The number of hydrogen-bond acceptors (Lipinski definition) is 9. The number of carbonyl (C=O) groups is 2. The molecule has 1 aliphatic heterocycles. The normalized spacial score (nSPS) is 16.9. The molecule has 1 aliphatic rings. The number of nitrogens with one attached hydrogen (secondary N) is 1. The summed E-state index contributed by atoms with van der Waals surface area (Å²) in [7, 11) is 0. The van der Waals surface area contributed by atoms with Crippen LogP contribution in [0.2, 0.25) is 0 Å². The number of rotatable bonds is 8. The number of aromatic nitrogens is 4. The van der Waals surface area contributed by atoms with Crippen LogP contribution in [-0.2, 0) is 16.0 Å². The molecule has 0 radical (unpaired) electrons. The van der Waals surface area contributed by atoms with E-state index in [9.17, 15) is 14.7 Å². The quantitative estimate of drug-likeness (QED) is 0.205. The zero-order chi connectivity index (χ0) is 35.5. The first-order valence-corrected chi connectivity index (χ1v) is 16.9. The topological polar surface area (TPSA) is 134 Å². The maximum Gasteiger partial charge on any atom is 0.416 e. The Bertz CT molecular complexity index is 1740. The maximum absolute atomic E-state index is 13.9. The van der Waals surface area contributed by atoms with E-state index in [0.717, 1.165) is 22.3 Å². The van der Waals surface area contributed by atoms with Crippen LogP contribution in [0, 0.1) is 5.92 Å². The Kier molecular flexibility index (Phi) is 10.5. The molecule has 2 N–H and O–H groups in total. The van der Waals surface area contributed by atoms with Crippen molar-refractivity contribution in [1.82, 2.24) is 24.5 Å². The minimum Gasteiger partial charge on any atom is -0.444 e. The number of pyridine rings is 1. The summed E-state index contributed by atoms with van der Waals surface area (Å²) >= 11 is 0. The number of piperidine rings is 1. The molecule has 4 aromatic rings. The summed E-state index contributed by atoms with van der Waals surface area (Å²) in [6, 6.07) is 13.8. The highest BCUT2D eigenvalue weighted by Gasteiger charge is 2.33. The molecule has 1 aromatic carbocycles. The lowest BCUT2D eigenvalue weighted by molar-refractivity contribution is -0.0104. The number of aliphatic hydroxyl groups excluding tert-OH is 1. The van der Waals surface area contributed by atoms with Crippen LogP contribution in [-0.4, -0.2) is 78.7 Å². The predicted octanol–water partition coefficient (Wildman–Crippen LogP) is 6.89. The third-order valence-electron chi connectivity index (χ3n) is 8.22. The van der Waals surface area contributed by atoms with Gasteiger partial charge in [0.2, 0.25) is 0 Å². The van der Waals surface area contributed by atoms with E-state index in [1.54, 1.807) is 39.0 Å². The first-order valence-electron chi connectivity index (χ1n) is 16.9. The van der Waals surface area contributed by atoms with Gasteiger partial charge in [-0.25, -0.2) is 14.6 Å². The number of ether oxygens (including phenoxy) is 2. The highest BCUT2D eigenvalue weighted by Crippen LogP contribution is 2.30. The van der Waals surface area contributed by atoms with Crippen LogP contribution in [0.15, 0.2) is 61.1 Å². The average Bonchev–Trinajstić information content (AvgIpc) is 3.46. The van der Waals surface area contributed by atoms with Gasteiger partial charge in [0.25, 0.3) is 0 Å². The summed E-state index contributed by atoms with van der Waals surface area (Å²) in [5.41, 5.74) is 3.21. The Morgan fingerprint density at radius 3 is 2.27 bits per heavy atom. The van der Waals surface area contributed by atoms with Crippen molar-refractivity contribution in [2.75, 3.05) is 29.9 Å². The second kappa shape index (κ2) is 14.4. The van der Waals surface area contributed by atoms with Crippen LogP contribution in [0.25, 0.3) is 16.8 Å². The number of amides is 2. The van der Waals surface area contributed by atoms with Gasteiger partial charge in [0.15, 0.2) is 5.65 Å². The van der Waals surface area contributed by atoms with Crippen molar-refractivity contribution in [1.29, 1.82) is 0 Å². The van der Waals surface area contributed by atoms with Crippen LogP contribution >= 0.6 is 0 Å². The van der Waals surface area contributed by atoms with Gasteiger partial charge in [-0.1, -0.05) is 38.1 Å². The van der Waals surface area contributed by atoms with Crippen LogP contribution in [0.5, 0.6) is 0 Å². The number of nitrogens with zero attached hydrogens (tertiary/aromatic N) is 6. The van der Waals surface area contributed by atoms with E-state index < -0.39 is 29.5 Å². The molecule has 0 spiro atoms. The lowest BCUT2D eigenvalue weighted by Crippen LogP contribution is -2.49. The fourth-order valence-electron chi connectivity index (χ4n) is 5.69. The number of β-amino-alcohol motifs (C(OH)–C–C–N with tert-alkyl or cyclic N) is 1. The van der Waals surface area contributed by atoms with E-state index in [0.29, 0.717) is 36.8 Å². The molecule has 4 heterocycles. The van der Waals surface area contributed by atoms with Crippen molar-refractivity contribution < 1.29 is 24.2 Å². The lowest BCUT2D eigenvalue weighted by Gasteiger charge is -2.36. The first-order chi connectivity index (χ1) is 23.1. The Morgan fingerprint density at radius 1 is 1.00 bits per heavy atom. The first kappa shape index (κ1) is 35.6. The SMILES string of the molecule is CC(C)c1cnn2c(N(Cc3ccc(-c4ccncc4)cc3)C(=O)OC(C)(C)C)cc(NC[C@H]3CCN(C(=O)OC(C)(C)C)C[C@@H]3O)nc12. The molecule has 2 atom stereocenters. The molecule has 12 heteroatoms. The summed E-state index contributed by atoms with van der Waals surface area (Å²) in [6.07, 6.45) is 4.21. The molecule has 12 nitrogen and oxygen atoms in total. The van der Waals surface area contributed by atoms with Crippen molar-refractivity contribution in [3.8, 4) is 11.1 Å². The highest BCUT2D eigenvalue weighted by atomic mass is 16.6. The number of aliphatic hydroxyl groups is 1. The number of likely N-dealkylation sites (tertiary alicyclic amines) is 1. The van der Waals surface area contributed by atoms with Crippen molar-refractivity contribution >= 4 is 29.5 Å². The average molecular weight is 672 g/mol. The summed E-state index contributed by atoms with van der Waals surface area (Å²) < 4.78 is 13.1. The monoisotopic (exact) mass is 671 g/mol. The molecule has 0 unspecified atom stereocenters. The number of carbonyl (C=O) groups excluding carboxylic acids is 2. The number of anilines is 2. The molecule has 5 rings (SSSR count). The second-order valence-corrected chi connectivity index (χ2v) is 14.9. The van der Waals surface area contributed by atoms with E-state index >= 15 is 0 Å². The molecule has 49 heavy (non-hydrogen) atoms. The molecule has 262 valence electrons. The third-order valence-corrected chi connectivity index (χ3v) is 8.22. The number of hydrogen-bond donors (Lipinski definition) is 2. The van der Waals surface area contributed by atoms with Crippen molar-refractivity contribution in [3.63, 3.8) is 0 Å². The molecule has 1 saturated heterocycles. The largest absolute Gasteiger partial charge is 0.444 e. The highest BCUT2D eigenvalue weighted by molar-refractivity contribution is 5.88. The van der Waals surface area contributed by atoms with Gasteiger partial charge in [-0.05, 0) is 82.7 Å². The Hall–Kier alpha value is -4.71. The second-order valence-electron chi connectivity index (χ2n) is 14.9. The molecular weight excluding hydrogens is 622 g/mol. The molecule has 3 aromatic heterocycles. The molecule has 1 fully saturated rings. The van der Waals surface area contributed by atoms with E-state index in [4.69, 9.17) is 14.5 Å². The van der Waals surface area contributed by atoms with Gasteiger partial charge >= 0.3 is 12.2 Å². The van der Waals surface area contributed by atoms with Gasteiger partial charge in [-0.3, -0.25) is 9.88 Å². The smallest absolute Gasteiger partial charge is 0.416 e. The van der Waals surface area contributed by atoms with Gasteiger partial charge in [0.05, 0.1) is 25.4 Å². The van der Waals surface area contributed by atoms with Crippen molar-refractivity contribution in [2.24, 2.45) is 5.92 Å². The van der Waals surface area contributed by atoms with E-state index in [1.165, 1.54) is 0 Å². The van der Waals surface area contributed by atoms with Gasteiger partial charge in [-0.2, -0.15) is 9.61 Å². The van der Waals surface area contributed by atoms with Gasteiger partial charge in [-0.15, -0.1) is 0 Å². The van der Waals surface area contributed by atoms with Gasteiger partial charge in [0.1, 0.15) is 22.8 Å². The fourth-order valence-corrected chi connectivity index (χ4v) is 5.69. The van der Waals surface area contributed by atoms with Crippen LogP contribution in [0.3, 0.4) is 0 Å². The lowest BCUT2D eigenvalue weighted by atomic mass is 9.94. The molecule has 0 bridgehead atoms. The Labute approximate surface area is 288 Å².